The topological polar surface area (TPSA) is 121 Å². The van der Waals surface area contributed by atoms with E-state index in [9.17, 15) is 19.8 Å². The van der Waals surface area contributed by atoms with Crippen molar-refractivity contribution in [3.8, 4) is 11.5 Å². The van der Waals surface area contributed by atoms with Crippen LogP contribution in [0.25, 0.3) is 0 Å². The third-order valence-electron chi connectivity index (χ3n) is 6.41. The highest BCUT2D eigenvalue weighted by molar-refractivity contribution is 7.11. The van der Waals surface area contributed by atoms with Crippen LogP contribution in [0.4, 0.5) is 5.69 Å². The highest BCUT2D eigenvalue weighted by Crippen LogP contribution is 2.45. The van der Waals surface area contributed by atoms with Gasteiger partial charge in [-0.1, -0.05) is 37.6 Å². The number of aliphatic hydroxyl groups excluding tert-OH is 1. The number of carboxylic acids is 1. The maximum Gasteiger partial charge on any atom is 0.256 e. The number of thiazole rings is 1. The van der Waals surface area contributed by atoms with Crippen LogP contribution in [0.3, 0.4) is 0 Å². The number of aliphatic carboxylic acids is 1. The van der Waals surface area contributed by atoms with Gasteiger partial charge in [0.15, 0.2) is 11.5 Å². The number of methoxy groups -OCH3 is 2. The lowest BCUT2D eigenvalue weighted by Gasteiger charge is -2.32. The van der Waals surface area contributed by atoms with Gasteiger partial charge in [-0.05, 0) is 24.3 Å². The maximum absolute atomic E-state index is 14.1. The van der Waals surface area contributed by atoms with Crippen molar-refractivity contribution in [2.24, 2.45) is 5.41 Å². The fourth-order valence-electron chi connectivity index (χ4n) is 4.53. The monoisotopic (exact) mass is 573 g/mol. The highest BCUT2D eigenvalue weighted by Gasteiger charge is 2.40. The molecule has 2 atom stereocenters. The number of carboxylic acid groups (broad SMARTS) is 1. The summed E-state index contributed by atoms with van der Waals surface area (Å²) < 4.78 is 17.8. The Morgan fingerprint density at radius 3 is 2.67 bits per heavy atom. The number of nitrogens with zero attached hydrogens (tertiary/aromatic N) is 2. The second-order valence-corrected chi connectivity index (χ2v) is 11.6. The summed E-state index contributed by atoms with van der Waals surface area (Å²) in [5.74, 6) is -0.570. The van der Waals surface area contributed by atoms with Crippen LogP contribution in [0.15, 0.2) is 42.6 Å². The number of benzene rings is 2. The number of carbonyl (C=O) groups excluding carboxylic acids is 2. The minimum atomic E-state index is -1.21. The minimum absolute atomic E-state index is 0.108. The number of amides is 1. The Morgan fingerprint density at radius 1 is 1.23 bits per heavy atom. The zero-order valence-corrected chi connectivity index (χ0v) is 23.7. The molecule has 2 heterocycles. The largest absolute Gasteiger partial charge is 0.550 e. The summed E-state index contributed by atoms with van der Waals surface area (Å²) >= 11 is 7.64. The second-order valence-electron chi connectivity index (χ2n) is 10.0. The Labute approximate surface area is 235 Å². The summed E-state index contributed by atoms with van der Waals surface area (Å²) in [7, 11) is 3.07. The van der Waals surface area contributed by atoms with Crippen LogP contribution in [0.2, 0.25) is 5.02 Å². The fraction of sp³-hybridized carbons (Fsp3) is 0.393. The van der Waals surface area contributed by atoms with E-state index in [-0.39, 0.29) is 31.9 Å². The zero-order valence-electron chi connectivity index (χ0n) is 22.1. The van der Waals surface area contributed by atoms with E-state index in [2.05, 4.69) is 4.98 Å². The highest BCUT2D eigenvalue weighted by atomic mass is 35.5. The van der Waals surface area contributed by atoms with E-state index < -0.39 is 23.6 Å². The molecule has 1 N–H and O–H groups in total. The van der Waals surface area contributed by atoms with Crippen molar-refractivity contribution in [3.05, 3.63) is 68.6 Å². The molecule has 0 unspecified atom stereocenters. The number of ether oxygens (including phenoxy) is 3. The van der Waals surface area contributed by atoms with Gasteiger partial charge in [0.2, 0.25) is 0 Å². The molecule has 1 aromatic heterocycles. The Hall–Kier alpha value is -3.18. The van der Waals surface area contributed by atoms with Crippen LogP contribution in [0.1, 0.15) is 41.0 Å². The lowest BCUT2D eigenvalue weighted by molar-refractivity contribution is -0.304. The normalized spacial score (nSPS) is 17.5. The SMILES string of the molecule is COc1cccc([C@H]2O[C@H](Cc3ncc(CC(=O)[O-])s3)C(=O)N(CC(C)(C)CO)c3ccc(Cl)cc32)c1OC. The number of para-hydroxylation sites is 1. The Kier molecular flexibility index (Phi) is 8.80. The number of aliphatic hydroxyl groups is 1. The molecule has 0 radical (unpaired) electrons. The van der Waals surface area contributed by atoms with Gasteiger partial charge in [0, 0.05) is 70.3 Å². The molecule has 3 aromatic rings. The number of aromatic nitrogens is 1. The van der Waals surface area contributed by atoms with Crippen LogP contribution < -0.4 is 19.5 Å². The van der Waals surface area contributed by atoms with Crippen molar-refractivity contribution in [1.29, 1.82) is 0 Å². The first kappa shape index (κ1) is 28.8. The lowest BCUT2D eigenvalue weighted by Crippen LogP contribution is -2.45. The first-order valence-corrected chi connectivity index (χ1v) is 13.5. The fourth-order valence-corrected chi connectivity index (χ4v) is 5.65. The number of rotatable bonds is 10. The minimum Gasteiger partial charge on any atom is -0.550 e. The quantitative estimate of drug-likeness (QED) is 0.392. The molecule has 0 spiro atoms. The van der Waals surface area contributed by atoms with Crippen LogP contribution in [0.5, 0.6) is 11.5 Å². The van der Waals surface area contributed by atoms with Gasteiger partial charge in [-0.25, -0.2) is 4.98 Å². The summed E-state index contributed by atoms with van der Waals surface area (Å²) in [4.78, 5) is 31.7. The molecule has 1 aliphatic rings. The van der Waals surface area contributed by atoms with E-state index in [0.29, 0.717) is 43.2 Å². The van der Waals surface area contributed by atoms with Crippen molar-refractivity contribution < 1.29 is 34.0 Å². The predicted molar refractivity (Wildman–Crippen MR) is 145 cm³/mol. The third kappa shape index (κ3) is 6.36. The Balaban J connectivity index is 1.87. The van der Waals surface area contributed by atoms with E-state index >= 15 is 0 Å². The summed E-state index contributed by atoms with van der Waals surface area (Å²) in [6.07, 6.45) is -0.449. The first-order chi connectivity index (χ1) is 18.6. The molecule has 1 aliphatic heterocycles. The van der Waals surface area contributed by atoms with Gasteiger partial charge in [-0.15, -0.1) is 11.3 Å². The number of hydrogen-bond donors (Lipinski definition) is 1. The number of hydrogen-bond acceptors (Lipinski definition) is 9. The third-order valence-corrected chi connectivity index (χ3v) is 7.67. The van der Waals surface area contributed by atoms with Crippen LogP contribution in [-0.2, 0) is 27.2 Å². The molecule has 1 amide bonds. The molecule has 2 aromatic carbocycles. The van der Waals surface area contributed by atoms with Crippen molar-refractivity contribution >= 4 is 40.5 Å². The van der Waals surface area contributed by atoms with Gasteiger partial charge in [-0.2, -0.15) is 0 Å². The Bertz CT molecular complexity index is 1360. The smallest absolute Gasteiger partial charge is 0.256 e. The van der Waals surface area contributed by atoms with Crippen molar-refractivity contribution in [1.82, 2.24) is 4.98 Å². The van der Waals surface area contributed by atoms with Crippen LogP contribution in [-0.4, -0.2) is 55.4 Å². The van der Waals surface area contributed by atoms with E-state index in [1.165, 1.54) is 31.8 Å². The predicted octanol–water partition coefficient (Wildman–Crippen LogP) is 3.19. The van der Waals surface area contributed by atoms with Crippen molar-refractivity contribution in [2.75, 3.05) is 32.3 Å². The number of halogens is 1. The molecule has 0 aliphatic carbocycles. The summed E-state index contributed by atoms with van der Waals surface area (Å²) in [5, 5.41) is 22.1. The van der Waals surface area contributed by atoms with Crippen molar-refractivity contribution in [2.45, 2.75) is 38.9 Å². The van der Waals surface area contributed by atoms with Gasteiger partial charge in [-0.3, -0.25) is 4.79 Å². The summed E-state index contributed by atoms with van der Waals surface area (Å²) in [5.41, 5.74) is 1.27. The molecule has 0 fully saturated rings. The summed E-state index contributed by atoms with van der Waals surface area (Å²) in [6.45, 7) is 3.81. The van der Waals surface area contributed by atoms with Gasteiger partial charge in [0.25, 0.3) is 5.91 Å². The molecular formula is C28H30ClN2O7S-. The number of anilines is 1. The number of carbonyl (C=O) groups is 2. The van der Waals surface area contributed by atoms with Gasteiger partial charge in [0.1, 0.15) is 12.2 Å². The van der Waals surface area contributed by atoms with E-state index in [1.54, 1.807) is 29.2 Å². The van der Waals surface area contributed by atoms with Gasteiger partial charge in [0.05, 0.1) is 19.2 Å². The maximum atomic E-state index is 14.1. The molecule has 4 rings (SSSR count). The van der Waals surface area contributed by atoms with E-state index in [0.717, 1.165) is 0 Å². The van der Waals surface area contributed by atoms with E-state index in [1.807, 2.05) is 26.0 Å². The first-order valence-electron chi connectivity index (χ1n) is 12.3. The van der Waals surface area contributed by atoms with Crippen LogP contribution >= 0.6 is 22.9 Å². The second kappa shape index (κ2) is 11.9. The molecular weight excluding hydrogens is 544 g/mol. The zero-order chi connectivity index (χ0) is 28.3. The lowest BCUT2D eigenvalue weighted by atomic mass is 9.92. The molecule has 208 valence electrons. The van der Waals surface area contributed by atoms with Crippen LogP contribution in [0, 0.1) is 5.41 Å². The summed E-state index contributed by atoms with van der Waals surface area (Å²) in [6, 6.07) is 10.7. The van der Waals surface area contributed by atoms with Crippen molar-refractivity contribution in [3.63, 3.8) is 0 Å². The number of fused-ring (bicyclic) bond motifs is 1. The standard InChI is InChI=1S/C28H31ClN2O7S/c1-28(2,15-32)14-31-20-9-8-16(29)10-19(20)25(18-6-5-7-21(36-3)26(18)37-4)38-22(27(31)35)12-23-30-13-17(39-23)11-24(33)34/h5-10,13,22,25,32H,11-12,14-15H2,1-4H3,(H,33,34)/p-1/t22-,25-/m1/s1. The average molecular weight is 574 g/mol. The molecule has 0 bridgehead atoms. The average Bonchev–Trinajstić information content (AvgIpc) is 3.30. The van der Waals surface area contributed by atoms with Gasteiger partial charge < -0.3 is 34.1 Å². The molecule has 11 heteroatoms. The Morgan fingerprint density at radius 2 is 2.00 bits per heavy atom. The van der Waals surface area contributed by atoms with Gasteiger partial charge >= 0.3 is 0 Å². The molecule has 39 heavy (non-hydrogen) atoms. The molecule has 0 saturated carbocycles. The molecule has 9 nitrogen and oxygen atoms in total. The van der Waals surface area contributed by atoms with E-state index in [4.69, 9.17) is 25.8 Å². The molecule has 0 saturated heterocycles.